The highest BCUT2D eigenvalue weighted by molar-refractivity contribution is 6.19. The van der Waals surface area contributed by atoms with Crippen molar-refractivity contribution in [2.75, 3.05) is 12.5 Å². The summed E-state index contributed by atoms with van der Waals surface area (Å²) in [5, 5.41) is 0. The molecule has 1 rings (SSSR count). The first-order valence-electron chi connectivity index (χ1n) is 4.14. The summed E-state index contributed by atoms with van der Waals surface area (Å²) in [7, 11) is 0. The molecule has 0 atom stereocenters. The van der Waals surface area contributed by atoms with Crippen LogP contribution >= 0.6 is 11.6 Å². The zero-order valence-electron chi connectivity index (χ0n) is 7.72. The summed E-state index contributed by atoms with van der Waals surface area (Å²) in [5.41, 5.74) is 2.08. The molecule has 0 aliphatic carbocycles. The zero-order chi connectivity index (χ0) is 9.68. The first-order valence-corrected chi connectivity index (χ1v) is 4.68. The molecular formula is C11H13ClO. The number of ether oxygens (including phenoxy) is 1. The molecule has 0 aromatic heterocycles. The van der Waals surface area contributed by atoms with Gasteiger partial charge in [-0.1, -0.05) is 18.7 Å². The predicted molar refractivity (Wildman–Crippen MR) is 56.5 cm³/mol. The normalized spacial score (nSPS) is 9.69. The third-order valence-electron chi connectivity index (χ3n) is 1.62. The third-order valence-corrected chi connectivity index (χ3v) is 2.00. The minimum absolute atomic E-state index is 0.450. The van der Waals surface area contributed by atoms with Crippen molar-refractivity contribution in [3.05, 3.63) is 42.0 Å². The van der Waals surface area contributed by atoms with Gasteiger partial charge in [-0.15, -0.1) is 11.6 Å². The van der Waals surface area contributed by atoms with Crippen molar-refractivity contribution < 1.29 is 4.74 Å². The van der Waals surface area contributed by atoms with Gasteiger partial charge in [-0.05, 0) is 30.2 Å². The van der Waals surface area contributed by atoms with E-state index in [-0.39, 0.29) is 0 Å². The zero-order valence-corrected chi connectivity index (χ0v) is 8.47. The summed E-state index contributed by atoms with van der Waals surface area (Å²) in [5.74, 6) is 1.32. The number of rotatable bonds is 4. The van der Waals surface area contributed by atoms with Crippen molar-refractivity contribution in [1.29, 1.82) is 0 Å². The lowest BCUT2D eigenvalue weighted by molar-refractivity contribution is 0.353. The van der Waals surface area contributed by atoms with Gasteiger partial charge in [0.1, 0.15) is 12.4 Å². The van der Waals surface area contributed by atoms with E-state index in [4.69, 9.17) is 16.3 Å². The minimum atomic E-state index is 0.450. The number of hydrogen-bond donors (Lipinski definition) is 0. The molecule has 0 heterocycles. The van der Waals surface area contributed by atoms with Gasteiger partial charge in [-0.3, -0.25) is 0 Å². The van der Waals surface area contributed by atoms with Crippen LogP contribution in [0.25, 0.3) is 0 Å². The van der Waals surface area contributed by atoms with Gasteiger partial charge >= 0.3 is 0 Å². The Bertz CT molecular complexity index is 294. The van der Waals surface area contributed by atoms with Gasteiger partial charge < -0.3 is 4.74 Å². The molecule has 0 N–H and O–H groups in total. The van der Waals surface area contributed by atoms with Crippen LogP contribution in [-0.2, 0) is 0 Å². The van der Waals surface area contributed by atoms with Crippen LogP contribution in [0.15, 0.2) is 36.4 Å². The van der Waals surface area contributed by atoms with E-state index in [1.807, 2.05) is 31.2 Å². The van der Waals surface area contributed by atoms with Crippen molar-refractivity contribution in [2.24, 2.45) is 0 Å². The number of hydrogen-bond acceptors (Lipinski definition) is 1. The van der Waals surface area contributed by atoms with Crippen LogP contribution in [0.1, 0.15) is 5.56 Å². The molecule has 70 valence electrons. The summed E-state index contributed by atoms with van der Waals surface area (Å²) in [6.07, 6.45) is 0. The van der Waals surface area contributed by atoms with E-state index in [2.05, 4.69) is 6.58 Å². The molecule has 1 nitrogen and oxygen atoms in total. The number of benzene rings is 1. The SMILES string of the molecule is C=C(CCl)COc1cccc(C)c1. The Balaban J connectivity index is 2.50. The Morgan fingerprint density at radius 2 is 2.31 bits per heavy atom. The molecule has 0 radical (unpaired) electrons. The second kappa shape index (κ2) is 4.93. The quantitative estimate of drug-likeness (QED) is 0.531. The van der Waals surface area contributed by atoms with E-state index in [9.17, 15) is 0 Å². The lowest BCUT2D eigenvalue weighted by Gasteiger charge is -2.06. The fourth-order valence-corrected chi connectivity index (χ4v) is 1.01. The van der Waals surface area contributed by atoms with Gasteiger partial charge in [0, 0.05) is 5.88 Å². The molecule has 2 heteroatoms. The molecular weight excluding hydrogens is 184 g/mol. The Labute approximate surface area is 84.0 Å². The Morgan fingerprint density at radius 1 is 1.54 bits per heavy atom. The average molecular weight is 197 g/mol. The van der Waals surface area contributed by atoms with Crippen molar-refractivity contribution in [3.8, 4) is 5.75 Å². The second-order valence-corrected chi connectivity index (χ2v) is 3.26. The topological polar surface area (TPSA) is 9.23 Å². The van der Waals surface area contributed by atoms with Crippen LogP contribution < -0.4 is 4.74 Å². The Hall–Kier alpha value is -0.950. The summed E-state index contributed by atoms with van der Waals surface area (Å²) >= 11 is 5.57. The Kier molecular flexibility index (Phi) is 3.84. The van der Waals surface area contributed by atoms with E-state index in [1.165, 1.54) is 5.56 Å². The fourth-order valence-electron chi connectivity index (χ4n) is 0.929. The van der Waals surface area contributed by atoms with Gasteiger partial charge in [0.15, 0.2) is 0 Å². The van der Waals surface area contributed by atoms with Crippen molar-refractivity contribution >= 4 is 11.6 Å². The molecule has 0 saturated heterocycles. The highest BCUT2D eigenvalue weighted by Crippen LogP contribution is 2.13. The van der Waals surface area contributed by atoms with Crippen LogP contribution in [-0.4, -0.2) is 12.5 Å². The molecule has 0 aliphatic rings. The third kappa shape index (κ3) is 3.51. The standard InChI is InChI=1S/C11H13ClO/c1-9-4-3-5-11(6-9)13-8-10(2)7-12/h3-6H,2,7-8H2,1H3. The lowest BCUT2D eigenvalue weighted by atomic mass is 10.2. The van der Waals surface area contributed by atoms with Gasteiger partial charge in [0.05, 0.1) is 0 Å². The number of halogens is 1. The van der Waals surface area contributed by atoms with Crippen LogP contribution in [0.4, 0.5) is 0 Å². The first-order chi connectivity index (χ1) is 6.22. The molecule has 1 aromatic rings. The minimum Gasteiger partial charge on any atom is -0.489 e. The molecule has 0 saturated carbocycles. The van der Waals surface area contributed by atoms with Crippen LogP contribution in [0.2, 0.25) is 0 Å². The maximum absolute atomic E-state index is 5.57. The van der Waals surface area contributed by atoms with Gasteiger partial charge in [-0.2, -0.15) is 0 Å². The van der Waals surface area contributed by atoms with Crippen molar-refractivity contribution in [3.63, 3.8) is 0 Å². The fraction of sp³-hybridized carbons (Fsp3) is 0.273. The smallest absolute Gasteiger partial charge is 0.120 e. The van der Waals surface area contributed by atoms with E-state index >= 15 is 0 Å². The van der Waals surface area contributed by atoms with Gasteiger partial charge in [0.25, 0.3) is 0 Å². The maximum Gasteiger partial charge on any atom is 0.120 e. The number of aryl methyl sites for hydroxylation is 1. The lowest BCUT2D eigenvalue weighted by Crippen LogP contribution is -2.01. The summed E-state index contributed by atoms with van der Waals surface area (Å²) < 4.78 is 5.46. The number of alkyl halides is 1. The molecule has 0 fully saturated rings. The molecule has 1 aromatic carbocycles. The molecule has 13 heavy (non-hydrogen) atoms. The second-order valence-electron chi connectivity index (χ2n) is 2.99. The molecule has 0 amide bonds. The Morgan fingerprint density at radius 3 is 2.92 bits per heavy atom. The van der Waals surface area contributed by atoms with Gasteiger partial charge in [-0.25, -0.2) is 0 Å². The van der Waals surface area contributed by atoms with Crippen molar-refractivity contribution in [1.82, 2.24) is 0 Å². The summed E-state index contributed by atoms with van der Waals surface area (Å²) in [6, 6.07) is 7.91. The molecule has 0 unspecified atom stereocenters. The molecule has 0 aliphatic heterocycles. The van der Waals surface area contributed by atoms with Crippen molar-refractivity contribution in [2.45, 2.75) is 6.92 Å². The van der Waals surface area contributed by atoms with E-state index < -0.39 is 0 Å². The largest absolute Gasteiger partial charge is 0.489 e. The molecule has 0 spiro atoms. The average Bonchev–Trinajstić information content (AvgIpc) is 2.14. The monoisotopic (exact) mass is 196 g/mol. The first kappa shape index (κ1) is 10.1. The van der Waals surface area contributed by atoms with Crippen LogP contribution in [0, 0.1) is 6.92 Å². The molecule has 0 bridgehead atoms. The van der Waals surface area contributed by atoms with E-state index in [1.54, 1.807) is 0 Å². The van der Waals surface area contributed by atoms with E-state index in [0.717, 1.165) is 11.3 Å². The maximum atomic E-state index is 5.57. The van der Waals surface area contributed by atoms with E-state index in [0.29, 0.717) is 12.5 Å². The van der Waals surface area contributed by atoms with Gasteiger partial charge in [0.2, 0.25) is 0 Å². The highest BCUT2D eigenvalue weighted by atomic mass is 35.5. The predicted octanol–water partition coefficient (Wildman–Crippen LogP) is 3.17. The highest BCUT2D eigenvalue weighted by Gasteiger charge is 1.95. The summed E-state index contributed by atoms with van der Waals surface area (Å²) in [4.78, 5) is 0. The van der Waals surface area contributed by atoms with Crippen LogP contribution in [0.5, 0.6) is 5.75 Å². The summed E-state index contributed by atoms with van der Waals surface area (Å²) in [6.45, 7) is 6.28. The van der Waals surface area contributed by atoms with Crippen LogP contribution in [0.3, 0.4) is 0 Å².